The van der Waals surface area contributed by atoms with E-state index in [2.05, 4.69) is 24.1 Å². The number of nitrogens with one attached hydrogen (secondary N) is 1. The van der Waals surface area contributed by atoms with Crippen LogP contribution >= 0.6 is 0 Å². The molecule has 0 atom stereocenters. The molecule has 1 saturated heterocycles. The molecule has 1 fully saturated rings. The van der Waals surface area contributed by atoms with Gasteiger partial charge in [-0.3, -0.25) is 0 Å². The monoisotopic (exact) mass is 297 g/mol. The maximum atomic E-state index is 12.6. The van der Waals surface area contributed by atoms with Gasteiger partial charge in [0.05, 0.1) is 0 Å². The lowest BCUT2D eigenvalue weighted by molar-refractivity contribution is 0.279. The van der Waals surface area contributed by atoms with Gasteiger partial charge < -0.3 is 5.32 Å². The van der Waals surface area contributed by atoms with Crippen molar-refractivity contribution in [2.45, 2.75) is 38.0 Å². The maximum absolute atomic E-state index is 12.6. The lowest BCUT2D eigenvalue weighted by Crippen LogP contribution is -2.32. The fraction of sp³-hybridized carbons (Fsp3) is 0.643. The molecule has 0 amide bonds. The van der Waals surface area contributed by atoms with Crippen molar-refractivity contribution >= 4 is 15.8 Å². The van der Waals surface area contributed by atoms with E-state index in [1.54, 1.807) is 23.5 Å². The lowest BCUT2D eigenvalue weighted by Gasteiger charge is -2.26. The number of aromatic nitrogens is 1. The third-order valence-electron chi connectivity index (χ3n) is 4.53. The fourth-order valence-electron chi connectivity index (χ4n) is 2.76. The number of hydrogen-bond acceptors (Lipinski definition) is 4. The van der Waals surface area contributed by atoms with Crippen LogP contribution in [0.3, 0.4) is 0 Å². The van der Waals surface area contributed by atoms with Crippen molar-refractivity contribution in [2.24, 2.45) is 5.41 Å². The summed E-state index contributed by atoms with van der Waals surface area (Å²) < 4.78 is 26.8. The van der Waals surface area contributed by atoms with Crippen LogP contribution < -0.4 is 5.32 Å². The predicted molar refractivity (Wildman–Crippen MR) is 80.2 cm³/mol. The molecule has 0 bridgehead atoms. The van der Waals surface area contributed by atoms with E-state index in [9.17, 15) is 8.42 Å². The highest BCUT2D eigenvalue weighted by atomic mass is 32.2. The van der Waals surface area contributed by atoms with Crippen molar-refractivity contribution in [3.8, 4) is 0 Å². The average molecular weight is 297 g/mol. The number of anilines is 1. The van der Waals surface area contributed by atoms with Gasteiger partial charge in [-0.1, -0.05) is 13.8 Å². The van der Waals surface area contributed by atoms with E-state index in [4.69, 9.17) is 0 Å². The Hall–Kier alpha value is -1.14. The topological polar surface area (TPSA) is 62.3 Å². The minimum absolute atomic E-state index is 0.144. The van der Waals surface area contributed by atoms with Crippen LogP contribution in [-0.4, -0.2) is 37.8 Å². The van der Waals surface area contributed by atoms with Gasteiger partial charge >= 0.3 is 0 Å². The van der Waals surface area contributed by atoms with E-state index >= 15 is 0 Å². The molecule has 1 aromatic rings. The third kappa shape index (κ3) is 2.67. The van der Waals surface area contributed by atoms with Crippen LogP contribution in [-0.2, 0) is 10.0 Å². The van der Waals surface area contributed by atoms with Gasteiger partial charge in [-0.2, -0.15) is 4.31 Å². The Balaban J connectivity index is 2.23. The summed E-state index contributed by atoms with van der Waals surface area (Å²) in [5, 5.41) is 2.89. The summed E-state index contributed by atoms with van der Waals surface area (Å²) in [6, 6.07) is 3.31. The van der Waals surface area contributed by atoms with E-state index in [1.807, 2.05) is 0 Å². The van der Waals surface area contributed by atoms with Crippen LogP contribution in [0.2, 0.25) is 0 Å². The van der Waals surface area contributed by atoms with Crippen molar-refractivity contribution in [1.29, 1.82) is 0 Å². The number of rotatable bonds is 5. The van der Waals surface area contributed by atoms with Crippen LogP contribution in [0.25, 0.3) is 0 Å². The number of hydrogen-bond donors (Lipinski definition) is 1. The SMILES string of the molecule is CCC1(CC)CCN(S(=O)(=O)c2ccc(NC)nc2)C1. The van der Waals surface area contributed by atoms with Crippen LogP contribution in [0.5, 0.6) is 0 Å². The first-order valence-electron chi connectivity index (χ1n) is 7.11. The molecule has 5 nitrogen and oxygen atoms in total. The van der Waals surface area contributed by atoms with Crippen LogP contribution in [0.1, 0.15) is 33.1 Å². The Labute approximate surface area is 121 Å². The zero-order valence-corrected chi connectivity index (χ0v) is 13.2. The number of sulfonamides is 1. The quantitative estimate of drug-likeness (QED) is 0.906. The van der Waals surface area contributed by atoms with Gasteiger partial charge in [-0.15, -0.1) is 0 Å². The molecule has 0 aromatic carbocycles. The summed E-state index contributed by atoms with van der Waals surface area (Å²) in [6.07, 6.45) is 4.42. The molecule has 1 aliphatic rings. The Bertz CT molecular complexity index is 550. The first kappa shape index (κ1) is 15.3. The van der Waals surface area contributed by atoms with E-state index < -0.39 is 10.0 Å². The number of nitrogens with zero attached hydrogens (tertiary/aromatic N) is 2. The highest BCUT2D eigenvalue weighted by Crippen LogP contribution is 2.39. The Morgan fingerprint density at radius 3 is 2.50 bits per heavy atom. The van der Waals surface area contributed by atoms with E-state index in [-0.39, 0.29) is 10.3 Å². The van der Waals surface area contributed by atoms with Gasteiger partial charge in [0.15, 0.2) is 0 Å². The molecule has 6 heteroatoms. The zero-order valence-electron chi connectivity index (χ0n) is 12.4. The fourth-order valence-corrected chi connectivity index (χ4v) is 4.26. The van der Waals surface area contributed by atoms with E-state index in [0.29, 0.717) is 18.9 Å². The first-order valence-corrected chi connectivity index (χ1v) is 8.55. The van der Waals surface area contributed by atoms with Gasteiger partial charge in [0.2, 0.25) is 10.0 Å². The summed E-state index contributed by atoms with van der Waals surface area (Å²) in [4.78, 5) is 4.37. The standard InChI is InChI=1S/C14H23N3O2S/c1-4-14(5-2)8-9-17(11-14)20(18,19)12-6-7-13(15-3)16-10-12/h6-7,10H,4-5,8-9,11H2,1-3H3,(H,15,16). The molecular formula is C14H23N3O2S. The van der Waals surface area contributed by atoms with Crippen molar-refractivity contribution in [1.82, 2.24) is 9.29 Å². The minimum Gasteiger partial charge on any atom is -0.373 e. The summed E-state index contributed by atoms with van der Waals surface area (Å²) in [7, 11) is -1.65. The normalized spacial score (nSPS) is 19.1. The highest BCUT2D eigenvalue weighted by molar-refractivity contribution is 7.89. The molecule has 0 unspecified atom stereocenters. The second-order valence-corrected chi connectivity index (χ2v) is 7.36. The summed E-state index contributed by atoms with van der Waals surface area (Å²) in [6.45, 7) is 5.51. The number of pyridine rings is 1. The highest BCUT2D eigenvalue weighted by Gasteiger charge is 2.40. The second-order valence-electron chi connectivity index (χ2n) is 5.42. The van der Waals surface area contributed by atoms with Gasteiger partial charge in [0.25, 0.3) is 0 Å². The third-order valence-corrected chi connectivity index (χ3v) is 6.36. The molecule has 20 heavy (non-hydrogen) atoms. The summed E-state index contributed by atoms with van der Waals surface area (Å²) in [5.41, 5.74) is 0.144. The van der Waals surface area contributed by atoms with Crippen LogP contribution in [0.4, 0.5) is 5.82 Å². The Kier molecular flexibility index (Phi) is 4.34. The smallest absolute Gasteiger partial charge is 0.244 e. The zero-order chi connectivity index (χ0) is 14.8. The lowest BCUT2D eigenvalue weighted by atomic mass is 9.82. The van der Waals surface area contributed by atoms with Gasteiger partial charge in [-0.25, -0.2) is 13.4 Å². The molecule has 2 rings (SSSR count). The van der Waals surface area contributed by atoms with Crippen molar-refractivity contribution in [3.05, 3.63) is 18.3 Å². The molecule has 112 valence electrons. The van der Waals surface area contributed by atoms with Crippen molar-refractivity contribution < 1.29 is 8.42 Å². The van der Waals surface area contributed by atoms with E-state index in [1.165, 1.54) is 6.20 Å². The largest absolute Gasteiger partial charge is 0.373 e. The Morgan fingerprint density at radius 2 is 2.05 bits per heavy atom. The molecule has 2 heterocycles. The van der Waals surface area contributed by atoms with Crippen LogP contribution in [0.15, 0.2) is 23.2 Å². The second kappa shape index (κ2) is 5.69. The average Bonchev–Trinajstić information content (AvgIpc) is 2.93. The van der Waals surface area contributed by atoms with Gasteiger partial charge in [0.1, 0.15) is 10.7 Å². The van der Waals surface area contributed by atoms with Gasteiger partial charge in [-0.05, 0) is 36.8 Å². The summed E-state index contributed by atoms with van der Waals surface area (Å²) in [5.74, 6) is 0.668. The van der Waals surface area contributed by atoms with Gasteiger partial charge in [0, 0.05) is 26.3 Å². The van der Waals surface area contributed by atoms with E-state index in [0.717, 1.165) is 19.3 Å². The first-order chi connectivity index (χ1) is 9.47. The molecule has 0 spiro atoms. The van der Waals surface area contributed by atoms with Crippen molar-refractivity contribution in [2.75, 3.05) is 25.5 Å². The molecule has 0 radical (unpaired) electrons. The Morgan fingerprint density at radius 1 is 1.35 bits per heavy atom. The summed E-state index contributed by atoms with van der Waals surface area (Å²) >= 11 is 0. The molecule has 0 aliphatic carbocycles. The van der Waals surface area contributed by atoms with Crippen molar-refractivity contribution in [3.63, 3.8) is 0 Å². The van der Waals surface area contributed by atoms with Crippen LogP contribution in [0, 0.1) is 5.41 Å². The molecular weight excluding hydrogens is 274 g/mol. The molecule has 1 aromatic heterocycles. The predicted octanol–water partition coefficient (Wildman–Crippen LogP) is 2.32. The minimum atomic E-state index is -3.41. The maximum Gasteiger partial charge on any atom is 0.244 e. The molecule has 0 saturated carbocycles. The molecule has 1 N–H and O–H groups in total. The molecule has 1 aliphatic heterocycles.